The highest BCUT2D eigenvalue weighted by molar-refractivity contribution is 6.32. The maximum Gasteiger partial charge on any atom is 0.233 e. The quantitative estimate of drug-likeness (QED) is 0.634. The number of rotatable bonds is 5. The van der Waals surface area contributed by atoms with Crippen LogP contribution in [0, 0.1) is 23.7 Å². The van der Waals surface area contributed by atoms with Crippen molar-refractivity contribution in [1.82, 2.24) is 4.90 Å². The zero-order valence-electron chi connectivity index (χ0n) is 14.3. The zero-order valence-corrected chi connectivity index (χ0v) is 15.0. The molecule has 2 fully saturated rings. The second kappa shape index (κ2) is 6.43. The Morgan fingerprint density at radius 1 is 1.23 bits per heavy atom. The first-order valence-corrected chi connectivity index (χ1v) is 9.04. The number of hydrogen-bond donors (Lipinski definition) is 1. The van der Waals surface area contributed by atoms with E-state index in [2.05, 4.69) is 17.5 Å². The number of nitrogens with one attached hydrogen (secondary N) is 1. The molecule has 3 aliphatic rings. The second-order valence-electron chi connectivity index (χ2n) is 6.98. The summed E-state index contributed by atoms with van der Waals surface area (Å²) in [6, 6.07) is 4.94. The van der Waals surface area contributed by atoms with E-state index in [4.69, 9.17) is 16.3 Å². The van der Waals surface area contributed by atoms with Gasteiger partial charge in [0.05, 0.1) is 24.0 Å². The van der Waals surface area contributed by atoms with Crippen LogP contribution < -0.4 is 10.1 Å². The molecule has 1 aliphatic heterocycles. The van der Waals surface area contributed by atoms with E-state index in [0.717, 1.165) is 6.42 Å². The SMILES string of the molecule is COc1ccc(NC(=O)CCN2C(=O)[C@@H]3[C@H](C2=O)[C@H]2C=C[C@H]3C2)cc1Cl. The van der Waals surface area contributed by atoms with Crippen molar-refractivity contribution in [2.75, 3.05) is 19.0 Å². The van der Waals surface area contributed by atoms with Crippen LogP contribution in [0.3, 0.4) is 0 Å². The van der Waals surface area contributed by atoms with Gasteiger partial charge in [-0.3, -0.25) is 19.3 Å². The summed E-state index contributed by atoms with van der Waals surface area (Å²) in [6.45, 7) is 0.111. The molecule has 0 spiro atoms. The first-order chi connectivity index (χ1) is 12.5. The molecule has 0 aromatic heterocycles. The van der Waals surface area contributed by atoms with E-state index in [1.165, 1.54) is 12.0 Å². The van der Waals surface area contributed by atoms with Crippen molar-refractivity contribution in [3.63, 3.8) is 0 Å². The Balaban J connectivity index is 1.36. The molecule has 1 saturated heterocycles. The topological polar surface area (TPSA) is 75.7 Å². The van der Waals surface area contributed by atoms with Crippen LogP contribution in [-0.2, 0) is 14.4 Å². The lowest BCUT2D eigenvalue weighted by Crippen LogP contribution is -2.35. The summed E-state index contributed by atoms with van der Waals surface area (Å²) in [4.78, 5) is 38.6. The first-order valence-electron chi connectivity index (χ1n) is 8.66. The standard InChI is InChI=1S/C19H19ClN2O4/c1-26-14-5-4-12(9-13(14)20)21-15(23)6-7-22-18(24)16-10-2-3-11(8-10)17(16)19(22)25/h2-5,9-11,16-17H,6-8H2,1H3,(H,21,23)/t10-,11-,16-,17+/m0/s1. The van der Waals surface area contributed by atoms with E-state index in [-0.39, 0.29) is 54.4 Å². The Bertz CT molecular complexity index is 792. The molecule has 136 valence electrons. The highest BCUT2D eigenvalue weighted by Crippen LogP contribution is 2.52. The lowest BCUT2D eigenvalue weighted by Gasteiger charge is -2.17. The van der Waals surface area contributed by atoms with Crippen LogP contribution in [0.15, 0.2) is 30.4 Å². The highest BCUT2D eigenvalue weighted by Gasteiger charge is 2.58. The summed E-state index contributed by atoms with van der Waals surface area (Å²) < 4.78 is 5.07. The molecule has 0 radical (unpaired) electrons. The molecule has 7 heteroatoms. The third-order valence-electron chi connectivity index (χ3n) is 5.56. The number of amides is 3. The molecule has 1 N–H and O–H groups in total. The van der Waals surface area contributed by atoms with Crippen LogP contribution in [0.4, 0.5) is 5.69 Å². The van der Waals surface area contributed by atoms with Gasteiger partial charge in [-0.25, -0.2) is 0 Å². The number of benzene rings is 1. The average Bonchev–Trinajstić information content (AvgIpc) is 3.28. The van der Waals surface area contributed by atoms with Crippen molar-refractivity contribution in [2.45, 2.75) is 12.8 Å². The van der Waals surface area contributed by atoms with Crippen molar-refractivity contribution in [3.05, 3.63) is 35.4 Å². The minimum absolute atomic E-state index is 0.0589. The van der Waals surface area contributed by atoms with Gasteiger partial charge in [0.1, 0.15) is 5.75 Å². The van der Waals surface area contributed by atoms with Crippen LogP contribution in [0.2, 0.25) is 5.02 Å². The van der Waals surface area contributed by atoms with Crippen LogP contribution in [0.1, 0.15) is 12.8 Å². The first kappa shape index (κ1) is 17.1. The lowest BCUT2D eigenvalue weighted by atomic mass is 9.85. The monoisotopic (exact) mass is 374 g/mol. The number of anilines is 1. The van der Waals surface area contributed by atoms with Crippen LogP contribution in [0.25, 0.3) is 0 Å². The van der Waals surface area contributed by atoms with Crippen molar-refractivity contribution in [1.29, 1.82) is 0 Å². The van der Waals surface area contributed by atoms with Gasteiger partial charge in [-0.15, -0.1) is 0 Å². The average molecular weight is 375 g/mol. The summed E-state index contributed by atoms with van der Waals surface area (Å²) in [5, 5.41) is 3.12. The number of ether oxygens (including phenoxy) is 1. The Hall–Kier alpha value is -2.34. The van der Waals surface area contributed by atoms with E-state index in [0.29, 0.717) is 16.5 Å². The smallest absolute Gasteiger partial charge is 0.233 e. The summed E-state index contributed by atoms with van der Waals surface area (Å²) in [5.41, 5.74) is 0.541. The number of carbonyl (C=O) groups is 3. The Morgan fingerprint density at radius 3 is 2.46 bits per heavy atom. The molecule has 0 unspecified atom stereocenters. The number of fused-ring (bicyclic) bond motifs is 5. The van der Waals surface area contributed by atoms with Gasteiger partial charge in [-0.05, 0) is 36.5 Å². The van der Waals surface area contributed by atoms with Crippen LogP contribution in [-0.4, -0.2) is 36.3 Å². The molecule has 3 amide bonds. The molecule has 1 saturated carbocycles. The van der Waals surface area contributed by atoms with Gasteiger partial charge in [-0.2, -0.15) is 0 Å². The van der Waals surface area contributed by atoms with Gasteiger partial charge in [-0.1, -0.05) is 23.8 Å². The van der Waals surface area contributed by atoms with Gasteiger partial charge >= 0.3 is 0 Å². The maximum absolute atomic E-state index is 12.6. The van der Waals surface area contributed by atoms with Gasteiger partial charge in [0.2, 0.25) is 17.7 Å². The summed E-state index contributed by atoms with van der Waals surface area (Å²) >= 11 is 6.04. The number of halogens is 1. The fourth-order valence-corrected chi connectivity index (χ4v) is 4.62. The molecule has 1 heterocycles. The third kappa shape index (κ3) is 2.69. The molecule has 1 aromatic rings. The van der Waals surface area contributed by atoms with Gasteiger partial charge < -0.3 is 10.1 Å². The minimum atomic E-state index is -0.273. The molecule has 2 bridgehead atoms. The van der Waals surface area contributed by atoms with Crippen LogP contribution in [0.5, 0.6) is 5.75 Å². The van der Waals surface area contributed by atoms with E-state index in [1.807, 2.05) is 0 Å². The molecule has 1 aromatic carbocycles. The fourth-order valence-electron chi connectivity index (χ4n) is 4.37. The maximum atomic E-state index is 12.6. The largest absolute Gasteiger partial charge is 0.495 e. The predicted molar refractivity (Wildman–Crippen MR) is 95.7 cm³/mol. The highest BCUT2D eigenvalue weighted by atomic mass is 35.5. The van der Waals surface area contributed by atoms with Gasteiger partial charge in [0.15, 0.2) is 0 Å². The minimum Gasteiger partial charge on any atom is -0.495 e. The molecular formula is C19H19ClN2O4. The van der Waals surface area contributed by atoms with Crippen molar-refractivity contribution < 1.29 is 19.1 Å². The summed E-state index contributed by atoms with van der Waals surface area (Å²) in [7, 11) is 1.51. The molecule has 4 atom stereocenters. The second-order valence-corrected chi connectivity index (χ2v) is 7.38. The Kier molecular flexibility index (Phi) is 4.23. The predicted octanol–water partition coefficient (Wildman–Crippen LogP) is 2.48. The molecular weight excluding hydrogens is 356 g/mol. The number of hydrogen-bond acceptors (Lipinski definition) is 4. The summed E-state index contributed by atoms with van der Waals surface area (Å²) in [6.07, 6.45) is 5.07. The number of imide groups is 1. The van der Waals surface area contributed by atoms with Gasteiger partial charge in [0.25, 0.3) is 0 Å². The number of likely N-dealkylation sites (tertiary alicyclic amines) is 1. The van der Waals surface area contributed by atoms with E-state index < -0.39 is 0 Å². The molecule has 6 nitrogen and oxygen atoms in total. The Morgan fingerprint density at radius 2 is 1.88 bits per heavy atom. The normalized spacial score (nSPS) is 28.6. The van der Waals surface area contributed by atoms with Gasteiger partial charge in [0, 0.05) is 18.7 Å². The number of nitrogens with zero attached hydrogens (tertiary/aromatic N) is 1. The van der Waals surface area contributed by atoms with Crippen LogP contribution >= 0.6 is 11.6 Å². The number of methoxy groups -OCH3 is 1. The fraction of sp³-hybridized carbons (Fsp3) is 0.421. The van der Waals surface area contributed by atoms with E-state index >= 15 is 0 Å². The summed E-state index contributed by atoms with van der Waals surface area (Å²) in [5.74, 6) is -0.0858. The molecule has 26 heavy (non-hydrogen) atoms. The van der Waals surface area contributed by atoms with E-state index in [9.17, 15) is 14.4 Å². The Labute approximate surface area is 156 Å². The van der Waals surface area contributed by atoms with Crippen molar-refractivity contribution in [3.8, 4) is 5.75 Å². The van der Waals surface area contributed by atoms with E-state index in [1.54, 1.807) is 18.2 Å². The molecule has 4 rings (SSSR count). The van der Waals surface area contributed by atoms with Crippen molar-refractivity contribution in [2.24, 2.45) is 23.7 Å². The zero-order chi connectivity index (χ0) is 18.4. The molecule has 2 aliphatic carbocycles. The number of carbonyl (C=O) groups excluding carboxylic acids is 3. The third-order valence-corrected chi connectivity index (χ3v) is 5.86. The van der Waals surface area contributed by atoms with Crippen molar-refractivity contribution >= 4 is 35.0 Å². The lowest BCUT2D eigenvalue weighted by molar-refractivity contribution is -0.140. The number of allylic oxidation sites excluding steroid dienone is 2.